The number of ether oxygens (including phenoxy) is 2. The third-order valence-electron chi connectivity index (χ3n) is 4.94. The molecule has 0 aliphatic carbocycles. The minimum absolute atomic E-state index is 0.368. The number of piperazine rings is 1. The van der Waals surface area contributed by atoms with Crippen molar-refractivity contribution < 1.29 is 9.47 Å². The molecule has 0 aromatic heterocycles. The van der Waals surface area contributed by atoms with Crippen LogP contribution in [0.1, 0.15) is 23.2 Å². The molecule has 1 saturated heterocycles. The van der Waals surface area contributed by atoms with Gasteiger partial charge >= 0.3 is 0 Å². The first-order chi connectivity index (χ1) is 11.6. The lowest BCUT2D eigenvalue weighted by Gasteiger charge is -2.44. The highest BCUT2D eigenvalue weighted by Gasteiger charge is 2.31. The van der Waals surface area contributed by atoms with E-state index in [0.717, 1.165) is 24.6 Å². The Balaban J connectivity index is 1.80. The van der Waals surface area contributed by atoms with E-state index in [1.165, 1.54) is 11.1 Å². The van der Waals surface area contributed by atoms with Crippen molar-refractivity contribution >= 4 is 0 Å². The van der Waals surface area contributed by atoms with E-state index in [-0.39, 0.29) is 0 Å². The van der Waals surface area contributed by atoms with Gasteiger partial charge < -0.3 is 9.47 Å². The summed E-state index contributed by atoms with van der Waals surface area (Å²) < 4.78 is 10.8. The van der Waals surface area contributed by atoms with Crippen LogP contribution in [-0.2, 0) is 0 Å². The zero-order valence-electron chi connectivity index (χ0n) is 14.9. The summed E-state index contributed by atoms with van der Waals surface area (Å²) in [5, 5.41) is 0. The van der Waals surface area contributed by atoms with Gasteiger partial charge in [-0.1, -0.05) is 24.3 Å². The van der Waals surface area contributed by atoms with Crippen LogP contribution in [0.2, 0.25) is 0 Å². The number of rotatable bonds is 4. The van der Waals surface area contributed by atoms with Crippen LogP contribution in [0, 0.1) is 0 Å². The molecule has 0 spiro atoms. The minimum Gasteiger partial charge on any atom is -0.497 e. The molecule has 24 heavy (non-hydrogen) atoms. The lowest BCUT2D eigenvalue weighted by molar-refractivity contribution is 0.0621. The molecule has 0 N–H and O–H groups in total. The summed E-state index contributed by atoms with van der Waals surface area (Å²) in [6.45, 7) is 1.96. The summed E-state index contributed by atoms with van der Waals surface area (Å²) in [6, 6.07) is 17.5. The normalized spacial score (nSPS) is 22.3. The zero-order chi connectivity index (χ0) is 17.1. The lowest BCUT2D eigenvalue weighted by atomic mass is 9.96. The zero-order valence-corrected chi connectivity index (χ0v) is 14.9. The van der Waals surface area contributed by atoms with Gasteiger partial charge in [-0.05, 0) is 49.5 Å². The summed E-state index contributed by atoms with van der Waals surface area (Å²) in [4.78, 5) is 4.86. The Morgan fingerprint density at radius 3 is 1.54 bits per heavy atom. The maximum absolute atomic E-state index is 5.38. The molecule has 1 heterocycles. The van der Waals surface area contributed by atoms with Crippen LogP contribution in [-0.4, -0.2) is 51.2 Å². The van der Waals surface area contributed by atoms with Crippen molar-refractivity contribution in [3.63, 3.8) is 0 Å². The van der Waals surface area contributed by atoms with Crippen molar-refractivity contribution in [3.05, 3.63) is 59.7 Å². The Morgan fingerprint density at radius 2 is 1.17 bits per heavy atom. The summed E-state index contributed by atoms with van der Waals surface area (Å²) in [5.74, 6) is 1.83. The van der Waals surface area contributed by atoms with Gasteiger partial charge in [-0.3, -0.25) is 9.80 Å². The molecule has 4 nitrogen and oxygen atoms in total. The smallest absolute Gasteiger partial charge is 0.119 e. The number of hydrogen-bond acceptors (Lipinski definition) is 4. The highest BCUT2D eigenvalue weighted by molar-refractivity contribution is 5.33. The van der Waals surface area contributed by atoms with Gasteiger partial charge in [-0.2, -0.15) is 0 Å². The highest BCUT2D eigenvalue weighted by atomic mass is 16.5. The van der Waals surface area contributed by atoms with E-state index < -0.39 is 0 Å². The van der Waals surface area contributed by atoms with Gasteiger partial charge in [0.05, 0.1) is 14.2 Å². The van der Waals surface area contributed by atoms with Crippen LogP contribution in [0.5, 0.6) is 11.5 Å². The van der Waals surface area contributed by atoms with Crippen molar-refractivity contribution in [2.45, 2.75) is 12.1 Å². The second kappa shape index (κ2) is 7.24. The molecule has 1 fully saturated rings. The first-order valence-electron chi connectivity index (χ1n) is 8.30. The Kier molecular flexibility index (Phi) is 5.07. The standard InChI is InChI=1S/C20H26N2O2/c1-21-13-20(16-8-6-10-18(12-16)24-4)22(2)14-19(21)15-7-5-9-17(11-15)23-3/h5-12,19-20H,13-14H2,1-4H3/t19-,20-/m0/s1. The second-order valence-electron chi connectivity index (χ2n) is 6.46. The summed E-state index contributed by atoms with van der Waals surface area (Å²) in [7, 11) is 7.83. The molecule has 0 unspecified atom stereocenters. The van der Waals surface area contributed by atoms with E-state index in [9.17, 15) is 0 Å². The topological polar surface area (TPSA) is 24.9 Å². The van der Waals surface area contributed by atoms with Crippen molar-refractivity contribution in [1.82, 2.24) is 9.80 Å². The van der Waals surface area contributed by atoms with Gasteiger partial charge in [0.15, 0.2) is 0 Å². The molecule has 0 saturated carbocycles. The molecule has 1 aliphatic heterocycles. The number of nitrogens with zero attached hydrogens (tertiary/aromatic N) is 2. The fraction of sp³-hybridized carbons (Fsp3) is 0.400. The van der Waals surface area contributed by atoms with Crippen LogP contribution in [0.25, 0.3) is 0 Å². The number of hydrogen-bond donors (Lipinski definition) is 0. The SMILES string of the molecule is COc1cccc([C@@H]2CN(C)[C@H](c3cccc(OC)c3)CN2C)c1. The summed E-state index contributed by atoms with van der Waals surface area (Å²) in [6.07, 6.45) is 0. The van der Waals surface area contributed by atoms with E-state index in [4.69, 9.17) is 9.47 Å². The van der Waals surface area contributed by atoms with Gasteiger partial charge in [0.1, 0.15) is 11.5 Å². The first kappa shape index (κ1) is 16.8. The predicted molar refractivity (Wildman–Crippen MR) is 96.7 cm³/mol. The van der Waals surface area contributed by atoms with Gasteiger partial charge in [0, 0.05) is 25.2 Å². The van der Waals surface area contributed by atoms with E-state index in [2.05, 4.69) is 60.3 Å². The third kappa shape index (κ3) is 3.40. The van der Waals surface area contributed by atoms with E-state index >= 15 is 0 Å². The molecular weight excluding hydrogens is 300 g/mol. The van der Waals surface area contributed by atoms with Gasteiger partial charge in [0.25, 0.3) is 0 Å². The maximum Gasteiger partial charge on any atom is 0.119 e. The molecule has 128 valence electrons. The van der Waals surface area contributed by atoms with Crippen LogP contribution in [0.15, 0.2) is 48.5 Å². The Bertz CT molecular complexity index is 629. The van der Waals surface area contributed by atoms with Crippen molar-refractivity contribution in [1.29, 1.82) is 0 Å². The second-order valence-corrected chi connectivity index (χ2v) is 6.46. The molecule has 1 aliphatic rings. The van der Waals surface area contributed by atoms with E-state index in [1.54, 1.807) is 14.2 Å². The molecular formula is C20H26N2O2. The summed E-state index contributed by atoms with van der Waals surface area (Å²) >= 11 is 0. The number of methoxy groups -OCH3 is 2. The molecule has 2 aromatic carbocycles. The maximum atomic E-state index is 5.38. The quantitative estimate of drug-likeness (QED) is 0.860. The molecule has 0 bridgehead atoms. The van der Waals surface area contributed by atoms with Crippen LogP contribution in [0.4, 0.5) is 0 Å². The molecule has 2 atom stereocenters. The fourth-order valence-electron chi connectivity index (χ4n) is 3.50. The van der Waals surface area contributed by atoms with Crippen molar-refractivity contribution in [2.24, 2.45) is 0 Å². The van der Waals surface area contributed by atoms with Crippen LogP contribution in [0.3, 0.4) is 0 Å². The molecule has 0 amide bonds. The number of benzene rings is 2. The molecule has 2 aromatic rings. The highest BCUT2D eigenvalue weighted by Crippen LogP contribution is 2.34. The van der Waals surface area contributed by atoms with Gasteiger partial charge in [-0.25, -0.2) is 0 Å². The van der Waals surface area contributed by atoms with Crippen LogP contribution < -0.4 is 9.47 Å². The van der Waals surface area contributed by atoms with Crippen molar-refractivity contribution in [2.75, 3.05) is 41.4 Å². The fourth-order valence-corrected chi connectivity index (χ4v) is 3.50. The Morgan fingerprint density at radius 1 is 0.750 bits per heavy atom. The van der Waals surface area contributed by atoms with E-state index in [0.29, 0.717) is 12.1 Å². The van der Waals surface area contributed by atoms with Crippen LogP contribution >= 0.6 is 0 Å². The monoisotopic (exact) mass is 326 g/mol. The molecule has 4 heteroatoms. The average molecular weight is 326 g/mol. The lowest BCUT2D eigenvalue weighted by Crippen LogP contribution is -2.46. The van der Waals surface area contributed by atoms with Gasteiger partial charge in [0.2, 0.25) is 0 Å². The third-order valence-corrected chi connectivity index (χ3v) is 4.94. The summed E-state index contributed by atoms with van der Waals surface area (Å²) in [5.41, 5.74) is 2.60. The largest absolute Gasteiger partial charge is 0.497 e. The van der Waals surface area contributed by atoms with E-state index in [1.807, 2.05) is 12.1 Å². The van der Waals surface area contributed by atoms with Gasteiger partial charge in [-0.15, -0.1) is 0 Å². The predicted octanol–water partition coefficient (Wildman–Crippen LogP) is 3.36. The Hall–Kier alpha value is -2.04. The number of likely N-dealkylation sites (N-methyl/N-ethyl adjacent to an activating group) is 2. The molecule has 0 radical (unpaired) electrons. The first-order valence-corrected chi connectivity index (χ1v) is 8.30. The average Bonchev–Trinajstić information content (AvgIpc) is 2.63. The van der Waals surface area contributed by atoms with Crippen molar-refractivity contribution in [3.8, 4) is 11.5 Å². The molecule has 3 rings (SSSR count). The minimum atomic E-state index is 0.368. The Labute approximate surface area is 144 Å².